The number of carboxylic acids is 1. The number of benzene rings is 3. The van der Waals surface area contributed by atoms with Crippen LogP contribution in [-0.2, 0) is 21.2 Å². The fourth-order valence-corrected chi connectivity index (χ4v) is 7.53. The Labute approximate surface area is 255 Å². The number of rotatable bonds is 10. The van der Waals surface area contributed by atoms with Crippen molar-refractivity contribution in [2.45, 2.75) is 44.8 Å². The van der Waals surface area contributed by atoms with Gasteiger partial charge in [0.25, 0.3) is 6.01 Å². The molecule has 3 aromatic carbocycles. The molecule has 2 aliphatic rings. The molecule has 6 rings (SSSR count). The van der Waals surface area contributed by atoms with Gasteiger partial charge < -0.3 is 14.8 Å². The number of hydrogen-bond donors (Lipinski definition) is 2. The number of carboxylic acid groups (broad SMARTS) is 1. The molecular formula is C33H35F2N3O5S. The lowest BCUT2D eigenvalue weighted by molar-refractivity contribution is -0.138. The van der Waals surface area contributed by atoms with E-state index in [-0.39, 0.29) is 52.7 Å². The largest absolute Gasteiger partial charge is 0.481 e. The van der Waals surface area contributed by atoms with Crippen LogP contribution in [0.4, 0.5) is 8.78 Å². The summed E-state index contributed by atoms with van der Waals surface area (Å²) in [6, 6.07) is 16.5. The van der Waals surface area contributed by atoms with Crippen LogP contribution in [0.25, 0.3) is 33.3 Å². The fourth-order valence-electron chi connectivity index (χ4n) is 6.47. The van der Waals surface area contributed by atoms with Gasteiger partial charge in [-0.1, -0.05) is 48.5 Å². The average Bonchev–Trinajstić information content (AvgIpc) is 3.35. The van der Waals surface area contributed by atoms with Crippen molar-refractivity contribution in [2.75, 3.05) is 25.1 Å². The standard InChI is InChI=1S/C33H35F2N3O5S/c1-44(41,42)19-22-17-38(18-22)16-21-2-6-23(7-3-21)24-8-10-25(11-9-24)30-27(34)15-28-32(31(30)35)37-33(36-28)43-26-12-4-20(5-13-26)14-29(39)40/h2-3,6-11,15,20,22,26H,4-5,12-14,16-19H2,1H3,(H,36,37)(H,39,40)/t20-,26-. The van der Waals surface area contributed by atoms with E-state index < -0.39 is 27.4 Å². The van der Waals surface area contributed by atoms with Gasteiger partial charge in [0.1, 0.15) is 27.3 Å². The number of nitrogens with one attached hydrogen (secondary N) is 1. The normalized spacial score (nSPS) is 19.6. The minimum absolute atomic E-state index is 0.000435. The maximum absolute atomic E-state index is 15.6. The van der Waals surface area contributed by atoms with Gasteiger partial charge >= 0.3 is 5.97 Å². The monoisotopic (exact) mass is 623 g/mol. The Morgan fingerprint density at radius 1 is 0.977 bits per heavy atom. The first-order chi connectivity index (χ1) is 21.0. The van der Waals surface area contributed by atoms with Crippen LogP contribution in [0.3, 0.4) is 0 Å². The van der Waals surface area contributed by atoms with Gasteiger partial charge in [-0.05, 0) is 59.8 Å². The first kappa shape index (κ1) is 30.2. The highest BCUT2D eigenvalue weighted by Crippen LogP contribution is 2.35. The van der Waals surface area contributed by atoms with Gasteiger partial charge in [0.05, 0.1) is 16.8 Å². The highest BCUT2D eigenvalue weighted by atomic mass is 32.2. The van der Waals surface area contributed by atoms with Crippen molar-refractivity contribution in [1.29, 1.82) is 0 Å². The zero-order valence-electron chi connectivity index (χ0n) is 24.4. The van der Waals surface area contributed by atoms with Gasteiger partial charge in [0.15, 0.2) is 5.82 Å². The van der Waals surface area contributed by atoms with Crippen LogP contribution in [0.5, 0.6) is 6.01 Å². The maximum Gasteiger partial charge on any atom is 0.303 e. The Bertz CT molecular complexity index is 1760. The van der Waals surface area contributed by atoms with Crippen molar-refractivity contribution in [3.05, 3.63) is 71.8 Å². The van der Waals surface area contributed by atoms with Crippen LogP contribution >= 0.6 is 0 Å². The number of likely N-dealkylation sites (tertiary alicyclic amines) is 1. The summed E-state index contributed by atoms with van der Waals surface area (Å²) in [6.07, 6.45) is 4.09. The predicted octanol–water partition coefficient (Wildman–Crippen LogP) is 6.06. The summed E-state index contributed by atoms with van der Waals surface area (Å²) in [5, 5.41) is 9.01. The van der Waals surface area contributed by atoms with Gasteiger partial charge in [-0.3, -0.25) is 9.69 Å². The molecule has 0 bridgehead atoms. The van der Waals surface area contributed by atoms with Gasteiger partial charge in [0, 0.05) is 38.4 Å². The molecule has 0 radical (unpaired) electrons. The molecule has 1 aliphatic heterocycles. The third kappa shape index (κ3) is 6.94. The average molecular weight is 624 g/mol. The van der Waals surface area contributed by atoms with Crippen LogP contribution in [0.1, 0.15) is 37.7 Å². The third-order valence-corrected chi connectivity index (χ3v) is 9.70. The SMILES string of the molecule is CS(=O)(=O)CC1CN(Cc2ccc(-c3ccc(-c4c(F)cc5[nH]c(O[C@H]6CC[C@H](CC(=O)O)CC6)nc5c4F)cc3)cc2)C1. The summed E-state index contributed by atoms with van der Waals surface area (Å²) < 4.78 is 59.7. The number of ether oxygens (including phenoxy) is 1. The Balaban J connectivity index is 1.10. The van der Waals surface area contributed by atoms with Crippen LogP contribution in [0, 0.1) is 23.5 Å². The predicted molar refractivity (Wildman–Crippen MR) is 164 cm³/mol. The molecule has 0 atom stereocenters. The molecule has 232 valence electrons. The van der Waals surface area contributed by atoms with Crippen LogP contribution < -0.4 is 4.74 Å². The number of nitrogens with zero attached hydrogens (tertiary/aromatic N) is 2. The number of aromatic nitrogens is 2. The number of aromatic amines is 1. The maximum atomic E-state index is 15.6. The van der Waals surface area contributed by atoms with Gasteiger partial charge in [0.2, 0.25) is 0 Å². The molecule has 2 heterocycles. The Hall–Kier alpha value is -3.83. The summed E-state index contributed by atoms with van der Waals surface area (Å²) >= 11 is 0. The van der Waals surface area contributed by atoms with E-state index in [1.165, 1.54) is 12.3 Å². The molecule has 1 aliphatic carbocycles. The molecule has 0 unspecified atom stereocenters. The zero-order chi connectivity index (χ0) is 31.0. The smallest absolute Gasteiger partial charge is 0.303 e. The topological polar surface area (TPSA) is 113 Å². The highest BCUT2D eigenvalue weighted by molar-refractivity contribution is 7.90. The fraction of sp³-hybridized carbons (Fsp3) is 0.394. The van der Waals surface area contributed by atoms with Crippen molar-refractivity contribution < 1.29 is 31.8 Å². The molecule has 11 heteroatoms. The molecule has 8 nitrogen and oxygen atoms in total. The number of H-pyrrole nitrogens is 1. The van der Waals surface area contributed by atoms with Crippen molar-refractivity contribution in [3.8, 4) is 28.3 Å². The van der Waals surface area contributed by atoms with Crippen molar-refractivity contribution in [3.63, 3.8) is 0 Å². The quantitative estimate of drug-likeness (QED) is 0.221. The van der Waals surface area contributed by atoms with E-state index in [2.05, 4.69) is 14.9 Å². The molecule has 1 saturated heterocycles. The molecular weight excluding hydrogens is 588 g/mol. The summed E-state index contributed by atoms with van der Waals surface area (Å²) in [6.45, 7) is 2.31. The Morgan fingerprint density at radius 2 is 1.59 bits per heavy atom. The van der Waals surface area contributed by atoms with Crippen LogP contribution in [-0.4, -0.2) is 65.6 Å². The first-order valence-electron chi connectivity index (χ1n) is 14.9. The molecule has 0 amide bonds. The number of sulfone groups is 1. The minimum Gasteiger partial charge on any atom is -0.481 e. The first-order valence-corrected chi connectivity index (χ1v) is 16.9. The van der Waals surface area contributed by atoms with E-state index in [1.807, 2.05) is 36.4 Å². The van der Waals surface area contributed by atoms with Crippen LogP contribution in [0.15, 0.2) is 54.6 Å². The summed E-state index contributed by atoms with van der Waals surface area (Å²) in [5.41, 5.74) is 3.46. The summed E-state index contributed by atoms with van der Waals surface area (Å²) in [7, 11) is -2.95. The van der Waals surface area contributed by atoms with E-state index in [0.717, 1.165) is 49.2 Å². The minimum atomic E-state index is -2.95. The Kier molecular flexibility index (Phi) is 8.43. The number of imidazole rings is 1. The number of aliphatic carboxylic acids is 1. The molecule has 2 N–H and O–H groups in total. The van der Waals surface area contributed by atoms with Gasteiger partial charge in [-0.25, -0.2) is 17.2 Å². The second-order valence-corrected chi connectivity index (χ2v) is 14.5. The van der Waals surface area contributed by atoms with Crippen molar-refractivity contribution >= 4 is 26.8 Å². The lowest BCUT2D eigenvalue weighted by Gasteiger charge is -2.39. The second-order valence-electron chi connectivity index (χ2n) is 12.3. The lowest BCUT2D eigenvalue weighted by Crippen LogP contribution is -2.48. The number of carbonyl (C=O) groups is 1. The zero-order valence-corrected chi connectivity index (χ0v) is 25.2. The molecule has 1 aromatic heterocycles. The number of fused-ring (bicyclic) bond motifs is 1. The highest BCUT2D eigenvalue weighted by Gasteiger charge is 2.29. The lowest BCUT2D eigenvalue weighted by atomic mass is 9.85. The number of halogens is 2. The van der Waals surface area contributed by atoms with E-state index in [4.69, 9.17) is 9.84 Å². The van der Waals surface area contributed by atoms with Gasteiger partial charge in [-0.15, -0.1) is 0 Å². The van der Waals surface area contributed by atoms with Gasteiger partial charge in [-0.2, -0.15) is 4.98 Å². The molecule has 1 saturated carbocycles. The molecule has 44 heavy (non-hydrogen) atoms. The molecule has 0 spiro atoms. The molecule has 4 aromatic rings. The van der Waals surface area contributed by atoms with Crippen LogP contribution in [0.2, 0.25) is 0 Å². The Morgan fingerprint density at radius 3 is 2.20 bits per heavy atom. The molecule has 2 fully saturated rings. The van der Waals surface area contributed by atoms with E-state index in [0.29, 0.717) is 18.4 Å². The van der Waals surface area contributed by atoms with Crippen molar-refractivity contribution in [1.82, 2.24) is 14.9 Å². The third-order valence-electron chi connectivity index (χ3n) is 8.62. The summed E-state index contributed by atoms with van der Waals surface area (Å²) in [5.74, 6) is -1.71. The summed E-state index contributed by atoms with van der Waals surface area (Å²) in [4.78, 5) is 20.4. The van der Waals surface area contributed by atoms with Crippen molar-refractivity contribution in [2.24, 2.45) is 11.8 Å². The number of hydrogen-bond acceptors (Lipinski definition) is 6. The van der Waals surface area contributed by atoms with E-state index >= 15 is 8.78 Å². The second kappa shape index (κ2) is 12.3. The van der Waals surface area contributed by atoms with E-state index in [1.54, 1.807) is 12.1 Å². The van der Waals surface area contributed by atoms with E-state index in [9.17, 15) is 13.2 Å².